The van der Waals surface area contributed by atoms with Crippen molar-refractivity contribution in [3.8, 4) is 18.1 Å². The second-order valence-corrected chi connectivity index (χ2v) is 4.65. The van der Waals surface area contributed by atoms with Gasteiger partial charge in [0.2, 0.25) is 0 Å². The van der Waals surface area contributed by atoms with Gasteiger partial charge in [-0.25, -0.2) is 4.99 Å². The van der Waals surface area contributed by atoms with Crippen molar-refractivity contribution in [2.45, 2.75) is 6.36 Å². The van der Waals surface area contributed by atoms with Gasteiger partial charge < -0.3 is 9.30 Å². The molecule has 108 valence electrons. The molecule has 0 aliphatic heterocycles. The molecule has 1 aromatic heterocycles. The molecule has 0 saturated carbocycles. The molecule has 2 aromatic rings. The predicted molar refractivity (Wildman–Crippen MR) is 74.0 cm³/mol. The number of terminal acetylenes is 1. The average Bonchev–Trinajstić information content (AvgIpc) is 2.61. The Morgan fingerprint density at radius 1 is 1.45 bits per heavy atom. The first-order valence-corrected chi connectivity index (χ1v) is 6.01. The van der Waals surface area contributed by atoms with Crippen LogP contribution in [0.2, 0.25) is 0 Å². The lowest BCUT2D eigenvalue weighted by atomic mass is 10.3. The summed E-state index contributed by atoms with van der Waals surface area (Å²) in [6, 6.07) is 4.16. The molecular formula is C12H10ClF3N2OS. The van der Waals surface area contributed by atoms with Crippen molar-refractivity contribution < 1.29 is 17.9 Å². The second-order valence-electron chi connectivity index (χ2n) is 3.64. The molecule has 2 rings (SSSR count). The second kappa shape index (κ2) is 6.20. The summed E-state index contributed by atoms with van der Waals surface area (Å²) < 4.78 is 42.7. The summed E-state index contributed by atoms with van der Waals surface area (Å²) in [6.07, 6.45) is 0.430. The fourth-order valence-electron chi connectivity index (χ4n) is 1.57. The Hall–Kier alpha value is -1.65. The summed E-state index contributed by atoms with van der Waals surface area (Å²) in [5.74, 6) is 2.14. The number of thiazole rings is 1. The number of hydrogen-bond acceptors (Lipinski definition) is 3. The van der Waals surface area contributed by atoms with Gasteiger partial charge >= 0.3 is 6.36 Å². The number of ether oxygens (including phenoxy) is 1. The molecule has 0 spiro atoms. The van der Waals surface area contributed by atoms with Crippen LogP contribution in [0.4, 0.5) is 13.2 Å². The minimum atomic E-state index is -4.69. The van der Waals surface area contributed by atoms with Gasteiger partial charge in [-0.05, 0) is 18.2 Å². The SMILES string of the molecule is C#CCN=c1sc2cc(OC(F)(F)F)ccc2n1C.Cl. The highest BCUT2D eigenvalue weighted by Gasteiger charge is 2.31. The first kappa shape index (κ1) is 16.4. The molecule has 0 fully saturated rings. The highest BCUT2D eigenvalue weighted by molar-refractivity contribution is 7.16. The number of rotatable bonds is 2. The summed E-state index contributed by atoms with van der Waals surface area (Å²) in [4.78, 5) is 4.80. The van der Waals surface area contributed by atoms with Crippen LogP contribution in [-0.2, 0) is 7.05 Å². The third-order valence-corrected chi connectivity index (χ3v) is 3.45. The van der Waals surface area contributed by atoms with Gasteiger partial charge in [-0.2, -0.15) is 0 Å². The van der Waals surface area contributed by atoms with Gasteiger partial charge in [0.05, 0.1) is 10.2 Å². The first-order valence-electron chi connectivity index (χ1n) is 5.20. The van der Waals surface area contributed by atoms with E-state index in [-0.39, 0.29) is 24.7 Å². The fraction of sp³-hybridized carbons (Fsp3) is 0.250. The molecule has 8 heteroatoms. The van der Waals surface area contributed by atoms with E-state index in [4.69, 9.17) is 6.42 Å². The number of benzene rings is 1. The van der Waals surface area contributed by atoms with Gasteiger partial charge in [0, 0.05) is 7.05 Å². The van der Waals surface area contributed by atoms with E-state index in [0.29, 0.717) is 9.50 Å². The minimum absolute atomic E-state index is 0. The van der Waals surface area contributed by atoms with Crippen LogP contribution in [0.15, 0.2) is 23.2 Å². The maximum Gasteiger partial charge on any atom is 0.573 e. The van der Waals surface area contributed by atoms with Crippen LogP contribution >= 0.6 is 23.7 Å². The molecule has 0 saturated heterocycles. The van der Waals surface area contributed by atoms with E-state index in [1.165, 1.54) is 23.5 Å². The van der Waals surface area contributed by atoms with Gasteiger partial charge in [0.25, 0.3) is 0 Å². The number of aryl methyl sites for hydroxylation is 1. The largest absolute Gasteiger partial charge is 0.573 e. The van der Waals surface area contributed by atoms with Crippen LogP contribution in [0.25, 0.3) is 10.2 Å². The van der Waals surface area contributed by atoms with E-state index in [2.05, 4.69) is 15.6 Å². The van der Waals surface area contributed by atoms with Crippen LogP contribution < -0.4 is 9.54 Å². The van der Waals surface area contributed by atoms with Crippen LogP contribution in [0.1, 0.15) is 0 Å². The fourth-order valence-corrected chi connectivity index (χ4v) is 2.62. The highest BCUT2D eigenvalue weighted by Crippen LogP contribution is 2.27. The monoisotopic (exact) mass is 322 g/mol. The number of aromatic nitrogens is 1. The van der Waals surface area contributed by atoms with Crippen molar-refractivity contribution in [1.29, 1.82) is 0 Å². The standard InChI is InChI=1S/C12H9F3N2OS.ClH/c1-3-6-16-11-17(2)9-5-4-8(7-10(9)19-11)18-12(13,14)15;/h1,4-5,7H,6H2,2H3;1H. The molecule has 0 aliphatic rings. The van der Waals surface area contributed by atoms with Crippen molar-refractivity contribution in [2.75, 3.05) is 6.54 Å². The quantitative estimate of drug-likeness (QED) is 0.780. The molecule has 0 bridgehead atoms. The third-order valence-electron chi connectivity index (χ3n) is 2.32. The lowest BCUT2D eigenvalue weighted by Crippen LogP contribution is -2.17. The predicted octanol–water partition coefficient (Wildman–Crippen LogP) is 3.09. The molecule has 0 N–H and O–H groups in total. The lowest BCUT2D eigenvalue weighted by Gasteiger charge is -2.08. The van der Waals surface area contributed by atoms with Gasteiger partial charge in [-0.15, -0.1) is 32.0 Å². The number of nitrogens with zero attached hydrogens (tertiary/aromatic N) is 2. The molecule has 0 aliphatic carbocycles. The molecular weight excluding hydrogens is 313 g/mol. The first-order chi connectivity index (χ1) is 8.90. The summed E-state index contributed by atoms with van der Waals surface area (Å²) in [7, 11) is 1.78. The Kier molecular flexibility index (Phi) is 5.09. The number of alkyl halides is 3. The van der Waals surface area contributed by atoms with Gasteiger partial charge in [0.15, 0.2) is 4.80 Å². The molecule has 0 unspecified atom stereocenters. The summed E-state index contributed by atoms with van der Waals surface area (Å²) >= 11 is 1.26. The van der Waals surface area contributed by atoms with Crippen molar-refractivity contribution in [3.05, 3.63) is 23.0 Å². The summed E-state index contributed by atoms with van der Waals surface area (Å²) in [5, 5.41) is 0. The van der Waals surface area contributed by atoms with Crippen molar-refractivity contribution in [1.82, 2.24) is 4.57 Å². The summed E-state index contributed by atoms with van der Waals surface area (Å²) in [6.45, 7) is 0.229. The van der Waals surface area contributed by atoms with E-state index < -0.39 is 6.36 Å². The van der Waals surface area contributed by atoms with E-state index in [1.54, 1.807) is 17.7 Å². The zero-order valence-corrected chi connectivity index (χ0v) is 11.9. The molecule has 0 amide bonds. The van der Waals surface area contributed by atoms with Crippen LogP contribution in [0.3, 0.4) is 0 Å². The number of halogens is 4. The maximum atomic E-state index is 12.1. The molecule has 1 aromatic carbocycles. The van der Waals surface area contributed by atoms with Crippen molar-refractivity contribution in [3.63, 3.8) is 0 Å². The smallest absolute Gasteiger partial charge is 0.406 e. The van der Waals surface area contributed by atoms with Crippen LogP contribution in [-0.4, -0.2) is 17.5 Å². The van der Waals surface area contributed by atoms with Gasteiger partial charge in [0.1, 0.15) is 12.3 Å². The Bertz CT molecular complexity index is 712. The average molecular weight is 323 g/mol. The highest BCUT2D eigenvalue weighted by atomic mass is 35.5. The van der Waals surface area contributed by atoms with Gasteiger partial charge in [-0.3, -0.25) is 0 Å². The van der Waals surface area contributed by atoms with E-state index >= 15 is 0 Å². The lowest BCUT2D eigenvalue weighted by molar-refractivity contribution is -0.274. The van der Waals surface area contributed by atoms with Crippen molar-refractivity contribution in [2.24, 2.45) is 12.0 Å². The van der Waals surface area contributed by atoms with Crippen molar-refractivity contribution >= 4 is 34.0 Å². The normalized spacial score (nSPS) is 12.1. The van der Waals surface area contributed by atoms with Crippen LogP contribution in [0.5, 0.6) is 5.75 Å². The summed E-state index contributed by atoms with van der Waals surface area (Å²) in [5.41, 5.74) is 0.773. The van der Waals surface area contributed by atoms with E-state index in [1.807, 2.05) is 0 Å². The Morgan fingerprint density at radius 3 is 2.75 bits per heavy atom. The van der Waals surface area contributed by atoms with Gasteiger partial charge in [-0.1, -0.05) is 17.3 Å². The molecule has 0 radical (unpaired) electrons. The topological polar surface area (TPSA) is 26.5 Å². The molecule has 20 heavy (non-hydrogen) atoms. The minimum Gasteiger partial charge on any atom is -0.406 e. The van der Waals surface area contributed by atoms with E-state index in [0.717, 1.165) is 5.52 Å². The Morgan fingerprint density at radius 2 is 2.15 bits per heavy atom. The zero-order valence-electron chi connectivity index (χ0n) is 10.3. The maximum absolute atomic E-state index is 12.1. The Balaban J connectivity index is 0.00000200. The molecule has 0 atom stereocenters. The molecule has 1 heterocycles. The van der Waals surface area contributed by atoms with Crippen LogP contribution in [0, 0.1) is 12.3 Å². The van der Waals surface area contributed by atoms with E-state index in [9.17, 15) is 13.2 Å². The molecule has 3 nitrogen and oxygen atoms in total. The Labute approximate surface area is 123 Å². The third kappa shape index (κ3) is 3.68. The number of hydrogen-bond donors (Lipinski definition) is 0. The zero-order chi connectivity index (χ0) is 14.0. The number of fused-ring (bicyclic) bond motifs is 1.